The summed E-state index contributed by atoms with van der Waals surface area (Å²) in [6.45, 7) is 0.669. The molecule has 0 saturated heterocycles. The van der Waals surface area contributed by atoms with E-state index in [2.05, 4.69) is 26.0 Å². The molecule has 0 fully saturated rings. The fourth-order valence-corrected chi connectivity index (χ4v) is 2.01. The number of nitrogen functional groups attached to an aromatic ring is 1. The molecular weight excluding hydrogens is 282 g/mol. The zero-order valence-electron chi connectivity index (χ0n) is 9.76. The molecule has 0 saturated carbocycles. The number of aryl methyl sites for hydroxylation is 1. The van der Waals surface area contributed by atoms with Gasteiger partial charge in [-0.15, -0.1) is 0 Å². The van der Waals surface area contributed by atoms with Crippen molar-refractivity contribution in [3.05, 3.63) is 34.8 Å². The predicted molar refractivity (Wildman–Crippen MR) is 71.7 cm³/mol. The van der Waals surface area contributed by atoms with E-state index < -0.39 is 0 Å². The van der Waals surface area contributed by atoms with Crippen LogP contribution < -0.4 is 10.6 Å². The monoisotopic (exact) mass is 295 g/mol. The second kappa shape index (κ2) is 4.75. The van der Waals surface area contributed by atoms with Crippen molar-refractivity contribution in [1.82, 2.24) is 14.8 Å². The lowest BCUT2D eigenvalue weighted by Gasteiger charge is -2.20. The molecule has 0 unspecified atom stereocenters. The number of benzene rings is 1. The minimum Gasteiger partial charge on any atom is -0.397 e. The number of aromatic nitrogens is 3. The van der Waals surface area contributed by atoms with Crippen molar-refractivity contribution in [2.75, 3.05) is 17.7 Å². The number of anilines is 2. The zero-order chi connectivity index (χ0) is 12.4. The van der Waals surface area contributed by atoms with Gasteiger partial charge in [0.05, 0.1) is 17.9 Å². The zero-order valence-corrected chi connectivity index (χ0v) is 11.3. The third-order valence-corrected chi connectivity index (χ3v) is 3.08. The topological polar surface area (TPSA) is 60.0 Å². The van der Waals surface area contributed by atoms with Gasteiger partial charge in [0, 0.05) is 18.6 Å². The summed E-state index contributed by atoms with van der Waals surface area (Å²) in [5, 5.41) is 4.04. The molecule has 0 radical (unpaired) electrons. The second-order valence-electron chi connectivity index (χ2n) is 3.86. The van der Waals surface area contributed by atoms with Crippen molar-refractivity contribution in [3.8, 4) is 0 Å². The summed E-state index contributed by atoms with van der Waals surface area (Å²) in [5.41, 5.74) is 7.70. The van der Waals surface area contributed by atoms with Crippen LogP contribution in [0.25, 0.3) is 0 Å². The molecule has 0 aliphatic rings. The van der Waals surface area contributed by atoms with Gasteiger partial charge in [-0.2, -0.15) is 5.10 Å². The van der Waals surface area contributed by atoms with Gasteiger partial charge < -0.3 is 10.6 Å². The Morgan fingerprint density at radius 1 is 1.47 bits per heavy atom. The van der Waals surface area contributed by atoms with Crippen LogP contribution in [-0.2, 0) is 13.6 Å². The van der Waals surface area contributed by atoms with Crippen LogP contribution in [0.15, 0.2) is 29.0 Å². The van der Waals surface area contributed by atoms with Crippen molar-refractivity contribution in [3.63, 3.8) is 0 Å². The Balaban J connectivity index is 2.20. The lowest BCUT2D eigenvalue weighted by molar-refractivity contribution is 0.689. The number of nitrogens with two attached hydrogens (primary N) is 1. The average molecular weight is 296 g/mol. The van der Waals surface area contributed by atoms with Crippen LogP contribution >= 0.6 is 15.9 Å². The normalized spacial score (nSPS) is 10.5. The SMILES string of the molecule is CN(Cc1ncnn1C)c1ccc(Br)cc1N. The van der Waals surface area contributed by atoms with Crippen molar-refractivity contribution in [2.45, 2.75) is 6.54 Å². The number of halogens is 1. The van der Waals surface area contributed by atoms with Crippen molar-refractivity contribution in [1.29, 1.82) is 0 Å². The van der Waals surface area contributed by atoms with Crippen LogP contribution in [0.5, 0.6) is 0 Å². The molecule has 5 nitrogen and oxygen atoms in total. The standard InChI is InChI=1S/C11H14BrN5/c1-16(6-11-14-7-15-17(11)2)10-4-3-8(12)5-9(10)13/h3-5,7H,6,13H2,1-2H3. The highest BCUT2D eigenvalue weighted by Gasteiger charge is 2.09. The first-order valence-electron chi connectivity index (χ1n) is 5.17. The summed E-state index contributed by atoms with van der Waals surface area (Å²) in [4.78, 5) is 6.24. The van der Waals surface area contributed by atoms with Gasteiger partial charge >= 0.3 is 0 Å². The number of nitrogens with zero attached hydrogens (tertiary/aromatic N) is 4. The smallest absolute Gasteiger partial charge is 0.146 e. The van der Waals surface area contributed by atoms with E-state index >= 15 is 0 Å². The Morgan fingerprint density at radius 3 is 2.82 bits per heavy atom. The molecule has 0 spiro atoms. The van der Waals surface area contributed by atoms with Crippen LogP contribution in [0, 0.1) is 0 Å². The van der Waals surface area contributed by atoms with Crippen LogP contribution in [0.3, 0.4) is 0 Å². The van der Waals surface area contributed by atoms with Gasteiger partial charge in [0.2, 0.25) is 0 Å². The van der Waals surface area contributed by atoms with E-state index in [-0.39, 0.29) is 0 Å². The van der Waals surface area contributed by atoms with Gasteiger partial charge in [0.25, 0.3) is 0 Å². The predicted octanol–water partition coefficient (Wildman–Crippen LogP) is 1.80. The van der Waals surface area contributed by atoms with Gasteiger partial charge in [-0.25, -0.2) is 4.98 Å². The highest BCUT2D eigenvalue weighted by atomic mass is 79.9. The van der Waals surface area contributed by atoms with E-state index in [1.54, 1.807) is 11.0 Å². The summed E-state index contributed by atoms with van der Waals surface area (Å²) >= 11 is 3.39. The Morgan fingerprint density at radius 2 is 2.24 bits per heavy atom. The first-order chi connectivity index (χ1) is 8.08. The maximum atomic E-state index is 5.97. The molecule has 90 valence electrons. The Kier molecular flexibility index (Phi) is 3.33. The van der Waals surface area contributed by atoms with Crippen LogP contribution in [0.4, 0.5) is 11.4 Å². The maximum absolute atomic E-state index is 5.97. The quantitative estimate of drug-likeness (QED) is 0.877. The van der Waals surface area contributed by atoms with Gasteiger partial charge in [-0.3, -0.25) is 4.68 Å². The highest BCUT2D eigenvalue weighted by molar-refractivity contribution is 9.10. The van der Waals surface area contributed by atoms with E-state index in [0.29, 0.717) is 6.54 Å². The molecule has 17 heavy (non-hydrogen) atoms. The largest absolute Gasteiger partial charge is 0.397 e. The molecule has 0 aliphatic heterocycles. The molecule has 2 N–H and O–H groups in total. The van der Waals surface area contributed by atoms with Crippen molar-refractivity contribution >= 4 is 27.3 Å². The lowest BCUT2D eigenvalue weighted by Crippen LogP contribution is -2.20. The molecule has 0 aliphatic carbocycles. The van der Waals surface area contributed by atoms with E-state index in [1.807, 2.05) is 37.2 Å². The van der Waals surface area contributed by atoms with Gasteiger partial charge in [-0.05, 0) is 18.2 Å². The Labute approximate surface area is 108 Å². The fraction of sp³-hybridized carbons (Fsp3) is 0.273. The van der Waals surface area contributed by atoms with Crippen LogP contribution in [-0.4, -0.2) is 21.8 Å². The van der Waals surface area contributed by atoms with E-state index in [9.17, 15) is 0 Å². The molecule has 1 heterocycles. The lowest BCUT2D eigenvalue weighted by atomic mass is 10.2. The molecular formula is C11H14BrN5. The third-order valence-electron chi connectivity index (χ3n) is 2.58. The van der Waals surface area contributed by atoms with E-state index in [0.717, 1.165) is 21.7 Å². The summed E-state index contributed by atoms with van der Waals surface area (Å²) in [6, 6.07) is 5.84. The van der Waals surface area contributed by atoms with Crippen LogP contribution in [0.1, 0.15) is 5.82 Å². The minimum absolute atomic E-state index is 0.669. The molecule has 0 bridgehead atoms. The minimum atomic E-state index is 0.669. The number of rotatable bonds is 3. The molecule has 2 aromatic rings. The first-order valence-corrected chi connectivity index (χ1v) is 5.96. The fourth-order valence-electron chi connectivity index (χ4n) is 1.63. The maximum Gasteiger partial charge on any atom is 0.146 e. The van der Waals surface area contributed by atoms with Crippen LogP contribution in [0.2, 0.25) is 0 Å². The number of hydrogen-bond acceptors (Lipinski definition) is 4. The first kappa shape index (κ1) is 11.9. The average Bonchev–Trinajstić information content (AvgIpc) is 2.64. The number of hydrogen-bond donors (Lipinski definition) is 1. The Hall–Kier alpha value is -1.56. The molecule has 0 amide bonds. The third kappa shape index (κ3) is 2.58. The molecule has 2 rings (SSSR count). The molecule has 6 heteroatoms. The Bertz CT molecular complexity index is 522. The van der Waals surface area contributed by atoms with Gasteiger partial charge in [-0.1, -0.05) is 15.9 Å². The summed E-state index contributed by atoms with van der Waals surface area (Å²) in [7, 11) is 3.86. The van der Waals surface area contributed by atoms with E-state index in [4.69, 9.17) is 5.73 Å². The van der Waals surface area contributed by atoms with Crippen molar-refractivity contribution in [2.24, 2.45) is 7.05 Å². The summed E-state index contributed by atoms with van der Waals surface area (Å²) < 4.78 is 2.73. The van der Waals surface area contributed by atoms with Gasteiger partial charge in [0.1, 0.15) is 12.2 Å². The molecule has 1 aromatic carbocycles. The highest BCUT2D eigenvalue weighted by Crippen LogP contribution is 2.26. The van der Waals surface area contributed by atoms with Gasteiger partial charge in [0.15, 0.2) is 0 Å². The second-order valence-corrected chi connectivity index (χ2v) is 4.77. The van der Waals surface area contributed by atoms with E-state index in [1.165, 1.54) is 0 Å². The van der Waals surface area contributed by atoms with Crippen molar-refractivity contribution < 1.29 is 0 Å². The summed E-state index contributed by atoms with van der Waals surface area (Å²) in [6.07, 6.45) is 1.55. The molecule has 1 aromatic heterocycles. The summed E-state index contributed by atoms with van der Waals surface area (Å²) in [5.74, 6) is 0.898. The molecule has 0 atom stereocenters.